The molecule has 0 bridgehead atoms. The SMILES string of the molecule is Cn1ncnc1[C@H]1c2n[nH]c(=O)c3cc(F)cc(c23)N(CNC(=O)OCCSSc2ccccn2)C1c1ccc(F)cc1. The van der Waals surface area contributed by atoms with Crippen LogP contribution in [0.4, 0.5) is 19.3 Å². The Morgan fingerprint density at radius 2 is 1.95 bits per heavy atom. The van der Waals surface area contributed by atoms with Gasteiger partial charge in [0, 0.05) is 24.4 Å². The lowest BCUT2D eigenvalue weighted by Gasteiger charge is -2.42. The van der Waals surface area contributed by atoms with Crippen LogP contribution in [0.1, 0.15) is 29.0 Å². The molecule has 0 aliphatic carbocycles. The number of aromatic nitrogens is 6. The van der Waals surface area contributed by atoms with E-state index in [0.717, 1.165) is 11.1 Å². The summed E-state index contributed by atoms with van der Waals surface area (Å²) in [6.45, 7) is 0.0154. The molecule has 0 saturated heterocycles. The first-order valence-electron chi connectivity index (χ1n) is 13.1. The Bertz CT molecular complexity index is 1820. The van der Waals surface area contributed by atoms with Gasteiger partial charge in [-0.2, -0.15) is 10.2 Å². The van der Waals surface area contributed by atoms with E-state index in [-0.39, 0.29) is 18.7 Å². The lowest BCUT2D eigenvalue weighted by atomic mass is 9.82. The third-order valence-electron chi connectivity index (χ3n) is 6.93. The Morgan fingerprint density at radius 1 is 1.12 bits per heavy atom. The quantitative estimate of drug-likeness (QED) is 0.178. The molecular weight excluding hydrogens is 598 g/mol. The lowest BCUT2D eigenvalue weighted by molar-refractivity contribution is 0.153. The van der Waals surface area contributed by atoms with Gasteiger partial charge >= 0.3 is 6.09 Å². The van der Waals surface area contributed by atoms with Crippen LogP contribution in [0.25, 0.3) is 10.8 Å². The molecule has 2 N–H and O–H groups in total. The molecule has 11 nitrogen and oxygen atoms in total. The van der Waals surface area contributed by atoms with Gasteiger partial charge in [0.2, 0.25) is 0 Å². The fourth-order valence-electron chi connectivity index (χ4n) is 5.13. The molecule has 1 aliphatic rings. The summed E-state index contributed by atoms with van der Waals surface area (Å²) in [4.78, 5) is 36.0. The average molecular weight is 623 g/mol. The molecule has 220 valence electrons. The van der Waals surface area contributed by atoms with Crippen molar-refractivity contribution in [1.29, 1.82) is 0 Å². The second-order valence-electron chi connectivity index (χ2n) is 9.52. The van der Waals surface area contributed by atoms with Crippen molar-refractivity contribution in [2.75, 3.05) is 23.9 Å². The van der Waals surface area contributed by atoms with Gasteiger partial charge < -0.3 is 15.0 Å². The molecule has 2 aromatic carbocycles. The van der Waals surface area contributed by atoms with Gasteiger partial charge in [-0.25, -0.2) is 28.6 Å². The number of hydrogen-bond acceptors (Lipinski definition) is 10. The number of nitrogens with zero attached hydrogens (tertiary/aromatic N) is 6. The van der Waals surface area contributed by atoms with Gasteiger partial charge in [0.25, 0.3) is 5.56 Å². The fraction of sp³-hybridized carbons (Fsp3) is 0.214. The van der Waals surface area contributed by atoms with Gasteiger partial charge in [-0.1, -0.05) is 29.0 Å². The van der Waals surface area contributed by atoms with Crippen LogP contribution in [0.3, 0.4) is 0 Å². The summed E-state index contributed by atoms with van der Waals surface area (Å²) in [6, 6.07) is 13.3. The van der Waals surface area contributed by atoms with E-state index in [1.54, 1.807) is 35.0 Å². The summed E-state index contributed by atoms with van der Waals surface area (Å²) in [6.07, 6.45) is 2.42. The molecule has 0 saturated carbocycles. The number of rotatable bonds is 9. The normalized spacial score (nSPS) is 15.9. The molecule has 4 heterocycles. The number of carbonyl (C=O) groups is 1. The molecule has 1 aliphatic heterocycles. The van der Waals surface area contributed by atoms with Gasteiger partial charge in [0.05, 0.1) is 35.4 Å². The third-order valence-corrected chi connectivity index (χ3v) is 9.16. The Labute approximate surface area is 251 Å². The smallest absolute Gasteiger partial charge is 0.408 e. The Morgan fingerprint density at radius 3 is 2.70 bits per heavy atom. The minimum Gasteiger partial charge on any atom is -0.449 e. The summed E-state index contributed by atoms with van der Waals surface area (Å²) in [5.74, 6) is -0.696. The molecule has 6 rings (SSSR count). The molecule has 1 amide bonds. The van der Waals surface area contributed by atoms with Gasteiger partial charge in [0.15, 0.2) is 0 Å². The molecule has 2 atom stereocenters. The van der Waals surface area contributed by atoms with Crippen LogP contribution < -0.4 is 15.8 Å². The van der Waals surface area contributed by atoms with E-state index in [1.807, 2.05) is 18.2 Å². The molecule has 43 heavy (non-hydrogen) atoms. The van der Waals surface area contributed by atoms with Crippen molar-refractivity contribution < 1.29 is 18.3 Å². The number of aryl methyl sites for hydroxylation is 1. The van der Waals surface area contributed by atoms with Gasteiger partial charge in [-0.05, 0) is 52.8 Å². The zero-order chi connectivity index (χ0) is 29.9. The Balaban J connectivity index is 1.32. The summed E-state index contributed by atoms with van der Waals surface area (Å²) in [7, 11) is 4.69. The molecule has 0 spiro atoms. The summed E-state index contributed by atoms with van der Waals surface area (Å²) in [5, 5.41) is 15.2. The Hall–Kier alpha value is -4.50. The van der Waals surface area contributed by atoms with Crippen molar-refractivity contribution in [3.63, 3.8) is 0 Å². The maximum Gasteiger partial charge on any atom is 0.408 e. The average Bonchev–Trinajstić information content (AvgIpc) is 3.43. The molecule has 1 unspecified atom stereocenters. The molecular formula is C28H24F2N8O3S2. The number of pyridine rings is 1. The zero-order valence-corrected chi connectivity index (χ0v) is 24.2. The summed E-state index contributed by atoms with van der Waals surface area (Å²) < 4.78 is 35.9. The van der Waals surface area contributed by atoms with Gasteiger partial charge in [0.1, 0.15) is 35.4 Å². The van der Waals surface area contributed by atoms with Crippen LogP contribution in [0.2, 0.25) is 0 Å². The monoisotopic (exact) mass is 622 g/mol. The number of ether oxygens (including phenoxy) is 1. The van der Waals surface area contributed by atoms with E-state index in [1.165, 1.54) is 46.1 Å². The number of H-pyrrole nitrogens is 1. The summed E-state index contributed by atoms with van der Waals surface area (Å²) in [5.41, 5.74) is 0.851. The largest absolute Gasteiger partial charge is 0.449 e. The maximum atomic E-state index is 15.0. The van der Waals surface area contributed by atoms with Crippen molar-refractivity contribution >= 4 is 44.1 Å². The highest BCUT2D eigenvalue weighted by atomic mass is 33.1. The predicted octanol–water partition coefficient (Wildman–Crippen LogP) is 4.54. The van der Waals surface area contributed by atoms with Crippen LogP contribution in [0.15, 0.2) is 76.9 Å². The molecule has 0 radical (unpaired) electrons. The number of anilines is 1. The van der Waals surface area contributed by atoms with Crippen LogP contribution in [0.5, 0.6) is 0 Å². The first kappa shape index (κ1) is 28.6. The van der Waals surface area contributed by atoms with Crippen LogP contribution in [-0.4, -0.2) is 55.1 Å². The number of aromatic amines is 1. The topological polar surface area (TPSA) is 131 Å². The highest BCUT2D eigenvalue weighted by Gasteiger charge is 2.42. The van der Waals surface area contributed by atoms with Crippen molar-refractivity contribution in [3.05, 3.63) is 106 Å². The van der Waals surface area contributed by atoms with E-state index in [4.69, 9.17) is 4.74 Å². The highest BCUT2D eigenvalue weighted by molar-refractivity contribution is 8.76. The predicted molar refractivity (Wildman–Crippen MR) is 159 cm³/mol. The second kappa shape index (κ2) is 12.4. The molecule has 0 fully saturated rings. The molecule has 3 aromatic heterocycles. The maximum absolute atomic E-state index is 15.0. The van der Waals surface area contributed by atoms with Gasteiger partial charge in [-0.3, -0.25) is 9.48 Å². The van der Waals surface area contributed by atoms with Crippen molar-refractivity contribution in [1.82, 2.24) is 35.3 Å². The number of alkyl carbamates (subject to hydrolysis) is 1. The first-order chi connectivity index (χ1) is 20.9. The zero-order valence-electron chi connectivity index (χ0n) is 22.6. The van der Waals surface area contributed by atoms with Crippen molar-refractivity contribution in [3.8, 4) is 0 Å². The number of benzene rings is 2. The number of carbonyl (C=O) groups excluding carboxylic acids is 1. The van der Waals surface area contributed by atoms with Crippen molar-refractivity contribution in [2.45, 2.75) is 17.0 Å². The lowest BCUT2D eigenvalue weighted by Crippen LogP contribution is -2.45. The Kier molecular flexibility index (Phi) is 8.24. The van der Waals surface area contributed by atoms with Gasteiger partial charge in [-0.15, -0.1) is 0 Å². The van der Waals surface area contributed by atoms with E-state index < -0.39 is 35.2 Å². The van der Waals surface area contributed by atoms with Crippen LogP contribution in [-0.2, 0) is 11.8 Å². The second-order valence-corrected chi connectivity index (χ2v) is 12.0. The number of nitrogens with one attached hydrogen (secondary N) is 2. The van der Waals surface area contributed by atoms with E-state index in [0.29, 0.717) is 33.9 Å². The number of halogens is 2. The minimum atomic E-state index is -0.682. The van der Waals surface area contributed by atoms with E-state index in [2.05, 4.69) is 30.6 Å². The molecule has 5 aromatic rings. The summed E-state index contributed by atoms with van der Waals surface area (Å²) >= 11 is 0. The number of amides is 1. The minimum absolute atomic E-state index is 0.0970. The molecule has 15 heteroatoms. The van der Waals surface area contributed by atoms with Crippen LogP contribution in [0, 0.1) is 11.6 Å². The van der Waals surface area contributed by atoms with E-state index in [9.17, 15) is 18.4 Å². The van der Waals surface area contributed by atoms with Crippen molar-refractivity contribution in [2.24, 2.45) is 7.05 Å². The fourth-order valence-corrected chi connectivity index (χ4v) is 6.84. The number of hydrogen-bond donors (Lipinski definition) is 2. The van der Waals surface area contributed by atoms with E-state index >= 15 is 0 Å². The first-order valence-corrected chi connectivity index (χ1v) is 15.4. The standard InChI is InChI=1S/C28H24F2N8O3S2/c1-37-26(32-14-34-37)23-24-22-19(27(39)36-35-24)12-18(30)13-20(22)38(25(23)16-5-7-17(29)8-6-16)15-33-28(40)41-10-11-42-43-21-4-2-3-9-31-21/h2-9,12-14,23,25H,10-11,15H2,1H3,(H,33,40)(H,36,39)/t23-,25?/m0/s1. The highest BCUT2D eigenvalue weighted by Crippen LogP contribution is 2.49. The third kappa shape index (κ3) is 5.90. The van der Waals surface area contributed by atoms with Crippen LogP contribution >= 0.6 is 21.6 Å².